The Balaban J connectivity index is 0.000000853. The molecule has 3 aliphatic rings. The zero-order valence-electron chi connectivity index (χ0n) is 9.74. The molecule has 15 heavy (non-hydrogen) atoms. The van der Waals surface area contributed by atoms with Crippen LogP contribution in [-0.4, -0.2) is 6.04 Å². The van der Waals surface area contributed by atoms with E-state index in [1.54, 1.807) is 0 Å². The van der Waals surface area contributed by atoms with Crippen LogP contribution in [0.4, 0.5) is 0 Å². The molecule has 2 N–H and O–H groups in total. The van der Waals surface area contributed by atoms with E-state index in [0.717, 1.165) is 17.8 Å². The van der Waals surface area contributed by atoms with Gasteiger partial charge in [0.2, 0.25) is 0 Å². The lowest BCUT2D eigenvalue weighted by molar-refractivity contribution is 0.0531. The van der Waals surface area contributed by atoms with Gasteiger partial charge < -0.3 is 5.73 Å². The second kappa shape index (κ2) is 3.92. The van der Waals surface area contributed by atoms with Crippen LogP contribution < -0.4 is 5.73 Å². The van der Waals surface area contributed by atoms with E-state index in [1.807, 2.05) is 0 Å². The first-order chi connectivity index (χ1) is 6.72. The smallest absolute Gasteiger partial charge is 0.0127 e. The molecule has 3 fully saturated rings. The monoisotopic (exact) mass is 229 g/mol. The number of hydrogen-bond donors (Lipinski definition) is 1. The molecule has 0 aliphatic heterocycles. The minimum atomic E-state index is 0. The lowest BCUT2D eigenvalue weighted by Crippen LogP contribution is -2.48. The highest BCUT2D eigenvalue weighted by atomic mass is 35.5. The molecule has 88 valence electrons. The first kappa shape index (κ1) is 11.7. The third-order valence-electron chi connectivity index (χ3n) is 5.53. The first-order valence-corrected chi connectivity index (χ1v) is 6.48. The minimum absolute atomic E-state index is 0. The second-order valence-electron chi connectivity index (χ2n) is 6.23. The summed E-state index contributed by atoms with van der Waals surface area (Å²) in [5.41, 5.74) is 7.09. The van der Waals surface area contributed by atoms with Crippen molar-refractivity contribution in [1.29, 1.82) is 0 Å². The van der Waals surface area contributed by atoms with Gasteiger partial charge in [0.05, 0.1) is 0 Å². The van der Waals surface area contributed by atoms with Crippen LogP contribution in [0.25, 0.3) is 0 Å². The zero-order chi connectivity index (χ0) is 9.76. The molecule has 5 atom stereocenters. The molecule has 0 amide bonds. The van der Waals surface area contributed by atoms with Gasteiger partial charge in [-0.15, -0.1) is 12.4 Å². The molecular weight excluding hydrogens is 206 g/mol. The van der Waals surface area contributed by atoms with Crippen LogP contribution >= 0.6 is 12.4 Å². The quantitative estimate of drug-likeness (QED) is 0.677. The van der Waals surface area contributed by atoms with Crippen molar-refractivity contribution in [2.75, 3.05) is 0 Å². The molecule has 3 aliphatic carbocycles. The van der Waals surface area contributed by atoms with Crippen molar-refractivity contribution >= 4 is 12.4 Å². The van der Waals surface area contributed by atoms with Gasteiger partial charge in [-0.05, 0) is 55.3 Å². The molecule has 1 spiro atoms. The largest absolute Gasteiger partial charge is 0.327 e. The zero-order valence-corrected chi connectivity index (χ0v) is 10.6. The van der Waals surface area contributed by atoms with Gasteiger partial charge >= 0.3 is 0 Å². The predicted molar refractivity (Wildman–Crippen MR) is 66.1 cm³/mol. The molecule has 0 unspecified atom stereocenters. The Bertz CT molecular complexity index is 239. The van der Waals surface area contributed by atoms with Gasteiger partial charge in [0, 0.05) is 6.04 Å². The summed E-state index contributed by atoms with van der Waals surface area (Å²) in [4.78, 5) is 0. The molecule has 0 aromatic heterocycles. The van der Waals surface area contributed by atoms with Crippen molar-refractivity contribution < 1.29 is 0 Å². The summed E-state index contributed by atoms with van der Waals surface area (Å²) in [5, 5.41) is 0. The Labute approximate surface area is 99.6 Å². The van der Waals surface area contributed by atoms with Crippen LogP contribution in [0.5, 0.6) is 0 Å². The van der Waals surface area contributed by atoms with E-state index in [2.05, 4.69) is 6.92 Å². The molecule has 3 saturated carbocycles. The third kappa shape index (κ3) is 1.54. The second-order valence-corrected chi connectivity index (χ2v) is 6.23. The fourth-order valence-corrected chi connectivity index (χ4v) is 4.91. The maximum absolute atomic E-state index is 6.49. The Morgan fingerprint density at radius 2 is 2.00 bits per heavy atom. The molecule has 0 heterocycles. The lowest BCUT2D eigenvalue weighted by Gasteiger charge is -2.47. The Morgan fingerprint density at radius 3 is 2.60 bits per heavy atom. The molecule has 3 rings (SSSR count). The van der Waals surface area contributed by atoms with Crippen LogP contribution in [-0.2, 0) is 0 Å². The van der Waals surface area contributed by atoms with E-state index < -0.39 is 0 Å². The van der Waals surface area contributed by atoms with E-state index in [-0.39, 0.29) is 12.4 Å². The SMILES string of the molecule is C[C@H]1CCC[C@@]2(C1)[C@@H]1CC[C@@H](C1)[C@@H]2N.Cl. The molecular formula is C13H24ClN. The molecule has 0 aromatic carbocycles. The maximum Gasteiger partial charge on any atom is 0.0127 e. The molecule has 2 bridgehead atoms. The van der Waals surface area contributed by atoms with E-state index >= 15 is 0 Å². The number of nitrogens with two attached hydrogens (primary N) is 1. The number of rotatable bonds is 0. The summed E-state index contributed by atoms with van der Waals surface area (Å²) in [5.74, 6) is 2.84. The van der Waals surface area contributed by atoms with E-state index in [9.17, 15) is 0 Å². The van der Waals surface area contributed by atoms with Gasteiger partial charge in [-0.2, -0.15) is 0 Å². The van der Waals surface area contributed by atoms with Gasteiger partial charge in [0.15, 0.2) is 0 Å². The van der Waals surface area contributed by atoms with Crippen LogP contribution in [0.2, 0.25) is 0 Å². The standard InChI is InChI=1S/C13H23N.ClH/c1-9-3-2-6-13(8-9)11-5-4-10(7-11)12(13)14;/h9-12H,2-8,14H2,1H3;1H/t9-,10-,11+,12-,13+;/m0./s1. The van der Waals surface area contributed by atoms with Crippen LogP contribution in [0, 0.1) is 23.2 Å². The summed E-state index contributed by atoms with van der Waals surface area (Å²) in [6.45, 7) is 2.43. The molecule has 0 radical (unpaired) electrons. The molecule has 0 saturated heterocycles. The average Bonchev–Trinajstić information content (AvgIpc) is 2.71. The highest BCUT2D eigenvalue weighted by Crippen LogP contribution is 2.61. The number of hydrogen-bond acceptors (Lipinski definition) is 1. The van der Waals surface area contributed by atoms with Gasteiger partial charge in [0.1, 0.15) is 0 Å². The van der Waals surface area contributed by atoms with Crippen LogP contribution in [0.1, 0.15) is 51.9 Å². The fraction of sp³-hybridized carbons (Fsp3) is 1.00. The highest BCUT2D eigenvalue weighted by molar-refractivity contribution is 5.85. The summed E-state index contributed by atoms with van der Waals surface area (Å²) >= 11 is 0. The van der Waals surface area contributed by atoms with Crippen LogP contribution in [0.15, 0.2) is 0 Å². The maximum atomic E-state index is 6.49. The topological polar surface area (TPSA) is 26.0 Å². The number of fused-ring (bicyclic) bond motifs is 3. The van der Waals surface area contributed by atoms with E-state index in [4.69, 9.17) is 5.73 Å². The molecule has 2 heteroatoms. The highest BCUT2D eigenvalue weighted by Gasteiger charge is 2.56. The normalized spacial score (nSPS) is 53.2. The predicted octanol–water partition coefficient (Wildman–Crippen LogP) is 3.36. The number of halogens is 1. The first-order valence-electron chi connectivity index (χ1n) is 6.48. The fourth-order valence-electron chi connectivity index (χ4n) is 4.91. The Morgan fingerprint density at radius 1 is 1.20 bits per heavy atom. The van der Waals surface area contributed by atoms with Crippen molar-refractivity contribution in [3.05, 3.63) is 0 Å². The lowest BCUT2D eigenvalue weighted by atomic mass is 9.60. The van der Waals surface area contributed by atoms with Crippen LogP contribution in [0.3, 0.4) is 0 Å². The van der Waals surface area contributed by atoms with Gasteiger partial charge in [0.25, 0.3) is 0 Å². The Kier molecular flexibility index (Phi) is 3.07. The summed E-state index contributed by atoms with van der Waals surface area (Å²) in [6, 6.07) is 0.559. The van der Waals surface area contributed by atoms with Gasteiger partial charge in [-0.3, -0.25) is 0 Å². The summed E-state index contributed by atoms with van der Waals surface area (Å²) in [7, 11) is 0. The van der Waals surface area contributed by atoms with Crippen molar-refractivity contribution in [2.45, 2.75) is 57.9 Å². The van der Waals surface area contributed by atoms with Gasteiger partial charge in [-0.1, -0.05) is 19.8 Å². The Hall–Kier alpha value is 0.250. The average molecular weight is 230 g/mol. The molecule has 1 nitrogen and oxygen atoms in total. The van der Waals surface area contributed by atoms with Crippen molar-refractivity contribution in [3.8, 4) is 0 Å². The minimum Gasteiger partial charge on any atom is -0.327 e. The summed E-state index contributed by atoms with van der Waals surface area (Å²) < 4.78 is 0. The van der Waals surface area contributed by atoms with E-state index in [1.165, 1.54) is 44.9 Å². The van der Waals surface area contributed by atoms with Crippen molar-refractivity contribution in [1.82, 2.24) is 0 Å². The van der Waals surface area contributed by atoms with E-state index in [0.29, 0.717) is 11.5 Å². The third-order valence-corrected chi connectivity index (χ3v) is 5.53. The van der Waals surface area contributed by atoms with Gasteiger partial charge in [-0.25, -0.2) is 0 Å². The van der Waals surface area contributed by atoms with Crippen molar-refractivity contribution in [2.24, 2.45) is 28.9 Å². The van der Waals surface area contributed by atoms with Crippen molar-refractivity contribution in [3.63, 3.8) is 0 Å². The summed E-state index contributed by atoms with van der Waals surface area (Å²) in [6.07, 6.45) is 10.2. The molecule has 0 aromatic rings.